The first-order valence-corrected chi connectivity index (χ1v) is 8.36. The van der Waals surface area contributed by atoms with E-state index in [0.717, 1.165) is 24.2 Å². The molecule has 2 atom stereocenters. The summed E-state index contributed by atoms with van der Waals surface area (Å²) in [4.78, 5) is 11.4. The summed E-state index contributed by atoms with van der Waals surface area (Å²) in [6.07, 6.45) is 0.439. The third kappa shape index (κ3) is 2.85. The Morgan fingerprint density at radius 3 is 2.67 bits per heavy atom. The molecule has 1 saturated heterocycles. The van der Waals surface area contributed by atoms with Crippen molar-refractivity contribution < 1.29 is 9.47 Å². The van der Waals surface area contributed by atoms with Crippen molar-refractivity contribution in [3.05, 3.63) is 63.5 Å². The first kappa shape index (κ1) is 15.4. The summed E-state index contributed by atoms with van der Waals surface area (Å²) in [5.41, 5.74) is 2.05. The van der Waals surface area contributed by atoms with Crippen LogP contribution in [0.1, 0.15) is 17.2 Å². The summed E-state index contributed by atoms with van der Waals surface area (Å²) in [5, 5.41) is 7.04. The van der Waals surface area contributed by atoms with Crippen LogP contribution >= 0.6 is 11.6 Å². The van der Waals surface area contributed by atoms with Gasteiger partial charge in [-0.3, -0.25) is 0 Å². The van der Waals surface area contributed by atoms with Gasteiger partial charge in [-0.2, -0.15) is 4.91 Å². The van der Waals surface area contributed by atoms with E-state index in [0.29, 0.717) is 22.9 Å². The Hall–Kier alpha value is -2.11. The molecule has 24 heavy (non-hydrogen) atoms. The van der Waals surface area contributed by atoms with Crippen molar-refractivity contribution in [3.8, 4) is 11.5 Å². The zero-order valence-corrected chi connectivity index (χ0v) is 13.7. The van der Waals surface area contributed by atoms with Gasteiger partial charge in [0.1, 0.15) is 12.2 Å². The van der Waals surface area contributed by atoms with Gasteiger partial charge in [-0.1, -0.05) is 41.0 Å². The normalized spacial score (nSPS) is 22.5. The lowest BCUT2D eigenvalue weighted by Crippen LogP contribution is -2.50. The summed E-state index contributed by atoms with van der Waals surface area (Å²) < 4.78 is 12.1. The van der Waals surface area contributed by atoms with E-state index in [1.807, 2.05) is 24.3 Å². The van der Waals surface area contributed by atoms with E-state index in [2.05, 4.69) is 10.5 Å². The number of halogens is 1. The van der Waals surface area contributed by atoms with E-state index in [9.17, 15) is 4.91 Å². The largest absolute Gasteiger partial charge is 0.484 e. The summed E-state index contributed by atoms with van der Waals surface area (Å²) in [6, 6.07) is 12.6. The van der Waals surface area contributed by atoms with E-state index in [-0.39, 0.29) is 12.2 Å². The smallest absolute Gasteiger partial charge is 0.163 e. The summed E-state index contributed by atoms with van der Waals surface area (Å²) >= 11 is 6.09. The number of hydrogen-bond acceptors (Lipinski definition) is 5. The van der Waals surface area contributed by atoms with Crippen LogP contribution in [0.15, 0.2) is 47.6 Å². The molecule has 0 aromatic heterocycles. The lowest BCUT2D eigenvalue weighted by atomic mass is 10.1. The Labute approximate surface area is 144 Å². The number of nitrogens with zero attached hydrogens (tertiary/aromatic N) is 1. The fourth-order valence-electron chi connectivity index (χ4n) is 3.13. The van der Waals surface area contributed by atoms with Gasteiger partial charge in [0.2, 0.25) is 0 Å². The van der Waals surface area contributed by atoms with Crippen LogP contribution in [-0.2, 0) is 6.42 Å². The molecule has 6 heteroatoms. The molecule has 2 aromatic rings. The number of nitrogens with one attached hydrogen (secondary N) is 1. The van der Waals surface area contributed by atoms with Gasteiger partial charge in [0, 0.05) is 30.6 Å². The highest BCUT2D eigenvalue weighted by atomic mass is 35.5. The molecule has 0 saturated carbocycles. The molecule has 1 fully saturated rings. The second-order valence-electron chi connectivity index (χ2n) is 6.10. The van der Waals surface area contributed by atoms with Crippen LogP contribution in [0.5, 0.6) is 11.5 Å². The molecule has 1 aliphatic carbocycles. The molecule has 2 unspecified atom stereocenters. The van der Waals surface area contributed by atoms with Crippen LogP contribution in [0.25, 0.3) is 0 Å². The van der Waals surface area contributed by atoms with E-state index in [1.54, 1.807) is 18.2 Å². The average Bonchev–Trinajstić information content (AvgIpc) is 2.90. The molecular formula is C18H17ClN2O3. The number of nitroso groups, excluding NO2 is 1. The molecule has 1 aliphatic heterocycles. The van der Waals surface area contributed by atoms with Crippen LogP contribution < -0.4 is 14.8 Å². The van der Waals surface area contributed by atoms with Gasteiger partial charge in [-0.05, 0) is 23.3 Å². The zero-order valence-electron chi connectivity index (χ0n) is 12.9. The number of hydrogen-bond donors (Lipinski definition) is 1. The van der Waals surface area contributed by atoms with Gasteiger partial charge in [0.25, 0.3) is 0 Å². The Morgan fingerprint density at radius 1 is 1.08 bits per heavy atom. The fraction of sp³-hybridized carbons (Fsp3) is 0.333. The van der Waals surface area contributed by atoms with Crippen molar-refractivity contribution in [1.29, 1.82) is 0 Å². The molecule has 4 rings (SSSR count). The maximum atomic E-state index is 11.4. The lowest BCUT2D eigenvalue weighted by molar-refractivity contribution is 0.124. The molecule has 1 heterocycles. The molecule has 5 nitrogen and oxygen atoms in total. The van der Waals surface area contributed by atoms with Crippen molar-refractivity contribution in [1.82, 2.24) is 5.32 Å². The SMILES string of the molecule is O=NC1c2ccccc2CC1Oc1ccc(Cl)cc1OC1CNC1. The maximum absolute atomic E-state index is 11.4. The Balaban J connectivity index is 1.58. The third-order valence-electron chi connectivity index (χ3n) is 4.48. The van der Waals surface area contributed by atoms with Crippen molar-refractivity contribution in [2.75, 3.05) is 13.1 Å². The van der Waals surface area contributed by atoms with Crippen LogP contribution in [0.2, 0.25) is 5.02 Å². The number of rotatable bonds is 5. The minimum Gasteiger partial charge on any atom is -0.484 e. The Bertz CT molecular complexity index is 764. The molecule has 0 spiro atoms. The van der Waals surface area contributed by atoms with Crippen LogP contribution in [0.4, 0.5) is 0 Å². The summed E-state index contributed by atoms with van der Waals surface area (Å²) in [5.74, 6) is 1.20. The van der Waals surface area contributed by atoms with Crippen LogP contribution in [0.3, 0.4) is 0 Å². The van der Waals surface area contributed by atoms with Crippen molar-refractivity contribution in [2.24, 2.45) is 5.18 Å². The minimum absolute atomic E-state index is 0.117. The van der Waals surface area contributed by atoms with Gasteiger partial charge >= 0.3 is 0 Å². The topological polar surface area (TPSA) is 59.9 Å². The first-order chi connectivity index (χ1) is 11.7. The highest BCUT2D eigenvalue weighted by Crippen LogP contribution is 2.39. The Kier molecular flexibility index (Phi) is 4.12. The monoisotopic (exact) mass is 344 g/mol. The molecular weight excluding hydrogens is 328 g/mol. The molecule has 2 aromatic carbocycles. The van der Waals surface area contributed by atoms with Crippen LogP contribution in [0, 0.1) is 4.91 Å². The van der Waals surface area contributed by atoms with Crippen molar-refractivity contribution in [2.45, 2.75) is 24.7 Å². The summed E-state index contributed by atoms with van der Waals surface area (Å²) in [6.45, 7) is 1.61. The predicted octanol–water partition coefficient (Wildman–Crippen LogP) is 3.50. The second kappa shape index (κ2) is 6.42. The minimum atomic E-state index is -0.505. The van der Waals surface area contributed by atoms with Crippen molar-refractivity contribution >= 4 is 11.6 Å². The third-order valence-corrected chi connectivity index (χ3v) is 4.72. The zero-order chi connectivity index (χ0) is 16.5. The van der Waals surface area contributed by atoms with Crippen LogP contribution in [-0.4, -0.2) is 25.3 Å². The van der Waals surface area contributed by atoms with E-state index in [1.165, 1.54) is 0 Å². The van der Waals surface area contributed by atoms with E-state index in [4.69, 9.17) is 21.1 Å². The maximum Gasteiger partial charge on any atom is 0.163 e. The molecule has 0 radical (unpaired) electrons. The summed E-state index contributed by atoms with van der Waals surface area (Å²) in [7, 11) is 0. The van der Waals surface area contributed by atoms with Gasteiger partial charge in [0.15, 0.2) is 17.5 Å². The average molecular weight is 345 g/mol. The molecule has 1 N–H and O–H groups in total. The molecule has 0 amide bonds. The number of ether oxygens (including phenoxy) is 2. The van der Waals surface area contributed by atoms with Gasteiger partial charge < -0.3 is 14.8 Å². The molecule has 2 aliphatic rings. The highest BCUT2D eigenvalue weighted by Gasteiger charge is 2.35. The van der Waals surface area contributed by atoms with Crippen molar-refractivity contribution in [3.63, 3.8) is 0 Å². The lowest BCUT2D eigenvalue weighted by Gasteiger charge is -2.29. The van der Waals surface area contributed by atoms with Gasteiger partial charge in [0.05, 0.1) is 0 Å². The van der Waals surface area contributed by atoms with Gasteiger partial charge in [-0.15, -0.1) is 0 Å². The van der Waals surface area contributed by atoms with E-state index >= 15 is 0 Å². The first-order valence-electron chi connectivity index (χ1n) is 7.98. The Morgan fingerprint density at radius 2 is 1.92 bits per heavy atom. The molecule has 0 bridgehead atoms. The predicted molar refractivity (Wildman–Crippen MR) is 91.8 cm³/mol. The number of benzene rings is 2. The second-order valence-corrected chi connectivity index (χ2v) is 6.54. The standard InChI is InChI=1S/C18H17ClN2O3/c19-12-5-6-15(16(8-12)23-13-9-20-10-13)24-17-7-11-3-1-2-4-14(11)18(17)21-22/h1-6,8,13,17-18,20H,7,9-10H2. The fourth-order valence-corrected chi connectivity index (χ4v) is 3.29. The quantitative estimate of drug-likeness (QED) is 0.843. The van der Waals surface area contributed by atoms with E-state index < -0.39 is 6.04 Å². The highest BCUT2D eigenvalue weighted by molar-refractivity contribution is 6.30. The van der Waals surface area contributed by atoms with Gasteiger partial charge in [-0.25, -0.2) is 0 Å². The molecule has 124 valence electrons. The number of fused-ring (bicyclic) bond motifs is 1.